The number of nitrogens with two attached hydrogens (primary N) is 1. The smallest absolute Gasteiger partial charge is 0.268 e. The molecule has 0 amide bonds. The number of nitrogens with zero attached hydrogens (tertiary/aromatic N) is 2. The molecule has 0 spiro atoms. The summed E-state index contributed by atoms with van der Waals surface area (Å²) in [4.78, 5) is 0.253. The van der Waals surface area contributed by atoms with Crippen LogP contribution in [0.3, 0.4) is 0 Å². The van der Waals surface area contributed by atoms with E-state index in [1.165, 1.54) is 44.5 Å². The zero-order valence-corrected chi connectivity index (χ0v) is 21.5. The van der Waals surface area contributed by atoms with Crippen LogP contribution in [0.4, 0.5) is 5.69 Å². The first kappa shape index (κ1) is 25.1. The number of nitrogen functional groups attached to an aromatic ring is 1. The molecule has 0 unspecified atom stereocenters. The number of rotatable bonds is 4. The topological polar surface area (TPSA) is 124 Å². The number of fused-ring (bicyclic) bond motifs is 2. The largest absolute Gasteiger partial charge is 0.508 e. The van der Waals surface area contributed by atoms with Gasteiger partial charge >= 0.3 is 0 Å². The summed E-state index contributed by atoms with van der Waals surface area (Å²) >= 11 is 0. The molecule has 0 aliphatic carbocycles. The van der Waals surface area contributed by atoms with Gasteiger partial charge in [0.2, 0.25) is 0 Å². The fourth-order valence-electron chi connectivity index (χ4n) is 4.08. The fourth-order valence-corrected chi connectivity index (χ4v) is 6.88. The lowest BCUT2D eigenvalue weighted by molar-refractivity contribution is 0.473. The lowest BCUT2D eigenvalue weighted by atomic mass is 10.3. The average Bonchev–Trinajstić information content (AvgIpc) is 3.55. The Morgan fingerprint density at radius 2 is 1.03 bits per heavy atom. The van der Waals surface area contributed by atoms with Crippen LogP contribution in [0.1, 0.15) is 0 Å². The second-order valence-corrected chi connectivity index (χ2v) is 12.1. The van der Waals surface area contributed by atoms with Crippen LogP contribution in [-0.4, -0.2) is 29.9 Å². The van der Waals surface area contributed by atoms with Crippen LogP contribution in [0, 0.1) is 0 Å². The van der Waals surface area contributed by atoms with E-state index in [2.05, 4.69) is 0 Å². The molecule has 2 heterocycles. The quantitative estimate of drug-likeness (QED) is 0.299. The molecule has 2 aromatic heterocycles. The molecular weight excluding hydrogens is 522 g/mol. The normalized spacial score (nSPS) is 11.8. The molecule has 0 aliphatic rings. The molecule has 0 saturated heterocycles. The molecule has 0 bridgehead atoms. The average molecular weight is 546 g/mol. The van der Waals surface area contributed by atoms with E-state index in [4.69, 9.17) is 5.73 Å². The van der Waals surface area contributed by atoms with E-state index in [0.717, 1.165) is 10.8 Å². The fraction of sp³-hybridized carbons (Fsp3) is 0. The molecule has 3 N–H and O–H groups in total. The van der Waals surface area contributed by atoms with Gasteiger partial charge in [-0.3, -0.25) is 0 Å². The summed E-state index contributed by atoms with van der Waals surface area (Å²) in [7, 11) is -7.30. The molecule has 8 nitrogen and oxygen atoms in total. The molecule has 0 fully saturated rings. The summed E-state index contributed by atoms with van der Waals surface area (Å²) < 4.78 is 52.7. The van der Waals surface area contributed by atoms with Crippen LogP contribution in [0.5, 0.6) is 5.75 Å². The van der Waals surface area contributed by atoms with E-state index >= 15 is 0 Å². The van der Waals surface area contributed by atoms with Crippen molar-refractivity contribution in [3.63, 3.8) is 0 Å². The van der Waals surface area contributed by atoms with Crippen LogP contribution in [0.2, 0.25) is 0 Å². The number of aromatic hydroxyl groups is 1. The molecular formula is C28H23N3O5S2. The van der Waals surface area contributed by atoms with Crippen molar-refractivity contribution in [2.45, 2.75) is 9.79 Å². The second kappa shape index (κ2) is 9.73. The molecule has 0 atom stereocenters. The first-order valence-electron chi connectivity index (χ1n) is 11.5. The lowest BCUT2D eigenvalue weighted by Crippen LogP contribution is -2.11. The van der Waals surface area contributed by atoms with Crippen molar-refractivity contribution in [2.24, 2.45) is 0 Å². The predicted molar refractivity (Wildman–Crippen MR) is 148 cm³/mol. The molecule has 0 radical (unpaired) electrons. The highest BCUT2D eigenvalue weighted by molar-refractivity contribution is 7.90. The van der Waals surface area contributed by atoms with Crippen molar-refractivity contribution in [3.8, 4) is 5.75 Å². The Morgan fingerprint density at radius 1 is 0.553 bits per heavy atom. The molecule has 0 saturated carbocycles. The third-order valence-electron chi connectivity index (χ3n) is 5.92. The summed E-state index contributed by atoms with van der Waals surface area (Å²) in [5, 5.41) is 11.2. The third-order valence-corrected chi connectivity index (χ3v) is 9.29. The van der Waals surface area contributed by atoms with Crippen molar-refractivity contribution in [1.82, 2.24) is 7.94 Å². The summed E-state index contributed by atoms with van der Waals surface area (Å²) in [5.41, 5.74) is 7.35. The first-order valence-corrected chi connectivity index (χ1v) is 14.3. The highest BCUT2D eigenvalue weighted by Crippen LogP contribution is 2.24. The Kier molecular flexibility index (Phi) is 6.43. The minimum atomic E-state index is -3.69. The molecule has 192 valence electrons. The van der Waals surface area contributed by atoms with Gasteiger partial charge < -0.3 is 10.8 Å². The number of aromatic nitrogens is 2. The summed E-state index contributed by atoms with van der Waals surface area (Å²) in [6.07, 6.45) is 3.08. The number of phenolic OH excluding ortho intramolecular Hbond substituents is 1. The van der Waals surface area contributed by atoms with Crippen LogP contribution in [0.15, 0.2) is 131 Å². The maximum absolute atomic E-state index is 12.6. The van der Waals surface area contributed by atoms with Gasteiger partial charge in [0.15, 0.2) is 0 Å². The van der Waals surface area contributed by atoms with Crippen molar-refractivity contribution >= 4 is 47.5 Å². The Hall–Kier alpha value is -4.54. The van der Waals surface area contributed by atoms with Gasteiger partial charge in [-0.15, -0.1) is 0 Å². The van der Waals surface area contributed by atoms with Crippen LogP contribution >= 0.6 is 0 Å². The molecule has 6 aromatic rings. The van der Waals surface area contributed by atoms with Gasteiger partial charge in [-0.2, -0.15) is 0 Å². The Labute approximate surface area is 219 Å². The van der Waals surface area contributed by atoms with Crippen LogP contribution in [0.25, 0.3) is 21.8 Å². The van der Waals surface area contributed by atoms with Gasteiger partial charge in [-0.05, 0) is 54.6 Å². The van der Waals surface area contributed by atoms with E-state index in [0.29, 0.717) is 16.7 Å². The lowest BCUT2D eigenvalue weighted by Gasteiger charge is -2.08. The first-order chi connectivity index (χ1) is 18.2. The maximum atomic E-state index is 12.6. The SMILES string of the molecule is Nc1cccc(S(=O)(=O)n2ccc3ccccc32)c1.O=S(=O)(c1cccc(O)c1)n1ccc2ccccc21. The second-order valence-electron chi connectivity index (χ2n) is 8.42. The Morgan fingerprint density at radius 3 is 1.53 bits per heavy atom. The third kappa shape index (κ3) is 4.62. The standard InChI is InChI=1S/C14H12N2O2S.C14H11NO3S/c15-12-5-3-6-13(10-12)19(17,18)16-9-8-11-4-1-2-7-14(11)16;16-12-5-3-6-13(10-12)19(17,18)15-9-8-11-4-1-2-7-14(11)15/h1-10H,15H2;1-10,16H. The number of anilines is 1. The minimum absolute atomic E-state index is 0.0638. The van der Waals surface area contributed by atoms with E-state index in [-0.39, 0.29) is 15.5 Å². The zero-order chi connectivity index (χ0) is 26.9. The number of benzene rings is 4. The molecule has 6 rings (SSSR count). The van der Waals surface area contributed by atoms with Gasteiger partial charge in [0, 0.05) is 34.9 Å². The van der Waals surface area contributed by atoms with E-state index < -0.39 is 20.0 Å². The molecule has 10 heteroatoms. The Bertz CT molecular complexity index is 1850. The summed E-state index contributed by atoms with van der Waals surface area (Å²) in [6.45, 7) is 0. The van der Waals surface area contributed by atoms with Crippen molar-refractivity contribution in [2.75, 3.05) is 5.73 Å². The highest BCUT2D eigenvalue weighted by atomic mass is 32.2. The van der Waals surface area contributed by atoms with E-state index in [9.17, 15) is 21.9 Å². The number of hydrogen-bond donors (Lipinski definition) is 2. The number of para-hydroxylation sites is 2. The summed E-state index contributed by atoms with van der Waals surface area (Å²) in [5.74, 6) is -0.0717. The molecule has 38 heavy (non-hydrogen) atoms. The monoisotopic (exact) mass is 545 g/mol. The van der Waals surface area contributed by atoms with Crippen molar-refractivity contribution < 1.29 is 21.9 Å². The summed E-state index contributed by atoms with van der Waals surface area (Å²) in [6, 6.07) is 30.0. The van der Waals surface area contributed by atoms with Gasteiger partial charge in [0.1, 0.15) is 5.75 Å². The van der Waals surface area contributed by atoms with Gasteiger partial charge in [0.05, 0.1) is 20.8 Å². The number of hydrogen-bond acceptors (Lipinski definition) is 6. The van der Waals surface area contributed by atoms with Crippen LogP contribution < -0.4 is 5.73 Å². The van der Waals surface area contributed by atoms with Crippen LogP contribution in [-0.2, 0) is 20.0 Å². The Balaban J connectivity index is 0.000000155. The molecule has 4 aromatic carbocycles. The van der Waals surface area contributed by atoms with Gasteiger partial charge in [-0.25, -0.2) is 24.8 Å². The van der Waals surface area contributed by atoms with Gasteiger partial charge in [-0.1, -0.05) is 48.5 Å². The molecule has 0 aliphatic heterocycles. The van der Waals surface area contributed by atoms with Gasteiger partial charge in [0.25, 0.3) is 20.0 Å². The minimum Gasteiger partial charge on any atom is -0.508 e. The zero-order valence-electron chi connectivity index (χ0n) is 19.9. The van der Waals surface area contributed by atoms with E-state index in [1.807, 2.05) is 30.3 Å². The van der Waals surface area contributed by atoms with Crippen molar-refractivity contribution in [3.05, 3.63) is 122 Å². The maximum Gasteiger partial charge on any atom is 0.268 e. The number of phenols is 1. The van der Waals surface area contributed by atoms with Crippen molar-refractivity contribution in [1.29, 1.82) is 0 Å². The highest BCUT2D eigenvalue weighted by Gasteiger charge is 2.19. The van der Waals surface area contributed by atoms with E-state index in [1.54, 1.807) is 54.7 Å². The predicted octanol–water partition coefficient (Wildman–Crippen LogP) is 5.04.